The highest BCUT2D eigenvalue weighted by Gasteiger charge is 2.31. The Morgan fingerprint density at radius 3 is 1.94 bits per heavy atom. The first-order valence-corrected chi connectivity index (χ1v) is 12.8. The first-order chi connectivity index (χ1) is 16.8. The van der Waals surface area contributed by atoms with Gasteiger partial charge in [0.05, 0.1) is 12.5 Å². The van der Waals surface area contributed by atoms with E-state index >= 15 is 0 Å². The molecule has 0 saturated heterocycles. The van der Waals surface area contributed by atoms with Crippen molar-refractivity contribution >= 4 is 47.4 Å². The molecule has 0 aromatic rings. The predicted molar refractivity (Wildman–Crippen MR) is 136 cm³/mol. The Labute approximate surface area is 214 Å². The van der Waals surface area contributed by atoms with E-state index in [1.807, 2.05) is 6.26 Å². The van der Waals surface area contributed by atoms with Gasteiger partial charge in [-0.2, -0.15) is 11.8 Å². The zero-order chi connectivity index (χ0) is 27.8. The van der Waals surface area contributed by atoms with Crippen LogP contribution in [-0.4, -0.2) is 88.6 Å². The lowest BCUT2D eigenvalue weighted by Gasteiger charge is -2.26. The highest BCUT2D eigenvalue weighted by Crippen LogP contribution is 2.09. The lowest BCUT2D eigenvalue weighted by molar-refractivity contribution is -0.147. The van der Waals surface area contributed by atoms with Crippen LogP contribution in [0.15, 0.2) is 4.99 Å². The van der Waals surface area contributed by atoms with Crippen LogP contribution in [0.2, 0.25) is 0 Å². The summed E-state index contributed by atoms with van der Waals surface area (Å²) in [5, 5.41) is 25.4. The van der Waals surface area contributed by atoms with Crippen molar-refractivity contribution in [3.05, 3.63) is 0 Å². The fourth-order valence-corrected chi connectivity index (χ4v) is 3.53. The number of hydrogen-bond donors (Lipinski definition) is 8. The Bertz CT molecular complexity index is 791. The lowest BCUT2D eigenvalue weighted by atomic mass is 10.0. The molecule has 15 heteroatoms. The zero-order valence-corrected chi connectivity index (χ0v) is 21.7. The smallest absolute Gasteiger partial charge is 0.326 e. The number of carboxylic acids is 2. The number of thioether (sulfide) groups is 1. The molecule has 4 atom stereocenters. The summed E-state index contributed by atoms with van der Waals surface area (Å²) < 4.78 is 0. The van der Waals surface area contributed by atoms with Crippen LogP contribution in [0.3, 0.4) is 0 Å². The SMILES string of the molecule is CSCCC(NC(=O)C(N)CCCN=C(N)N)C(=O)NC(CC(C)C)C(=O)NC(CC(=O)O)C(=O)O. The quantitative estimate of drug-likeness (QED) is 0.0553. The van der Waals surface area contributed by atoms with Crippen LogP contribution in [-0.2, 0) is 24.0 Å². The number of nitrogens with zero attached hydrogens (tertiary/aromatic N) is 1. The van der Waals surface area contributed by atoms with Crippen LogP contribution in [0.25, 0.3) is 0 Å². The number of rotatable bonds is 18. The Balaban J connectivity index is 5.39. The summed E-state index contributed by atoms with van der Waals surface area (Å²) in [5.74, 6) is -4.56. The third-order valence-corrected chi connectivity index (χ3v) is 5.53. The molecule has 0 bridgehead atoms. The van der Waals surface area contributed by atoms with Crippen molar-refractivity contribution in [1.82, 2.24) is 16.0 Å². The van der Waals surface area contributed by atoms with E-state index in [9.17, 15) is 29.1 Å². The van der Waals surface area contributed by atoms with E-state index in [0.717, 1.165) is 0 Å². The molecule has 0 fully saturated rings. The minimum absolute atomic E-state index is 0.0679. The van der Waals surface area contributed by atoms with Crippen molar-refractivity contribution in [3.63, 3.8) is 0 Å². The molecule has 206 valence electrons. The summed E-state index contributed by atoms with van der Waals surface area (Å²) >= 11 is 1.45. The maximum absolute atomic E-state index is 13.0. The van der Waals surface area contributed by atoms with Gasteiger partial charge in [0, 0.05) is 6.54 Å². The summed E-state index contributed by atoms with van der Waals surface area (Å²) in [6.45, 7) is 3.89. The van der Waals surface area contributed by atoms with Crippen molar-refractivity contribution in [2.24, 2.45) is 28.1 Å². The van der Waals surface area contributed by atoms with Gasteiger partial charge in [0.2, 0.25) is 17.7 Å². The summed E-state index contributed by atoms with van der Waals surface area (Å²) in [4.78, 5) is 64.4. The summed E-state index contributed by atoms with van der Waals surface area (Å²) in [6.07, 6.45) is 2.15. The van der Waals surface area contributed by atoms with Crippen LogP contribution >= 0.6 is 11.8 Å². The van der Waals surface area contributed by atoms with Gasteiger partial charge in [-0.25, -0.2) is 4.79 Å². The third kappa shape index (κ3) is 14.4. The van der Waals surface area contributed by atoms with Crippen LogP contribution in [0.5, 0.6) is 0 Å². The van der Waals surface area contributed by atoms with Crippen LogP contribution in [0, 0.1) is 5.92 Å². The molecule has 0 aromatic heterocycles. The van der Waals surface area contributed by atoms with Crippen LogP contribution in [0.1, 0.15) is 46.0 Å². The van der Waals surface area contributed by atoms with E-state index in [1.165, 1.54) is 11.8 Å². The van der Waals surface area contributed by atoms with E-state index in [2.05, 4.69) is 20.9 Å². The van der Waals surface area contributed by atoms with Gasteiger partial charge in [-0.1, -0.05) is 13.8 Å². The van der Waals surface area contributed by atoms with Gasteiger partial charge in [-0.15, -0.1) is 0 Å². The minimum Gasteiger partial charge on any atom is -0.481 e. The van der Waals surface area contributed by atoms with E-state index in [0.29, 0.717) is 18.7 Å². The van der Waals surface area contributed by atoms with Gasteiger partial charge in [-0.05, 0) is 43.6 Å². The topological polar surface area (TPSA) is 252 Å². The first kappa shape index (κ1) is 32.9. The largest absolute Gasteiger partial charge is 0.481 e. The highest BCUT2D eigenvalue weighted by molar-refractivity contribution is 7.98. The second kappa shape index (κ2) is 17.4. The molecule has 0 radical (unpaired) electrons. The number of nitrogens with two attached hydrogens (primary N) is 3. The summed E-state index contributed by atoms with van der Waals surface area (Å²) in [5.41, 5.74) is 16.4. The molecule has 0 aliphatic rings. The second-order valence-corrected chi connectivity index (χ2v) is 9.57. The van der Waals surface area contributed by atoms with Crippen LogP contribution in [0.4, 0.5) is 0 Å². The van der Waals surface area contributed by atoms with Gasteiger partial charge >= 0.3 is 11.9 Å². The van der Waals surface area contributed by atoms with Crippen molar-refractivity contribution in [1.29, 1.82) is 0 Å². The number of amides is 3. The monoisotopic (exact) mass is 533 g/mol. The standard InChI is InChI=1S/C21H39N7O7S/c1-11(2)9-14(19(33)28-15(20(34)35)10-16(29)30)27-18(32)13(6-8-36-3)26-17(31)12(22)5-4-7-25-21(23)24/h11-15H,4-10,22H2,1-3H3,(H,26,31)(H,27,32)(H,28,33)(H,29,30)(H,34,35)(H4,23,24,25). The Hall–Kier alpha value is -3.07. The molecule has 4 unspecified atom stereocenters. The van der Waals surface area contributed by atoms with Gasteiger partial charge in [0.1, 0.15) is 18.1 Å². The molecule has 3 amide bonds. The number of aliphatic carboxylic acids is 2. The number of carbonyl (C=O) groups excluding carboxylic acids is 3. The van der Waals surface area contributed by atoms with Crippen molar-refractivity contribution in [2.45, 2.75) is 70.1 Å². The molecular weight excluding hydrogens is 494 g/mol. The van der Waals surface area contributed by atoms with E-state index in [4.69, 9.17) is 22.3 Å². The number of aliphatic imine (C=N–C) groups is 1. The summed E-state index contributed by atoms with van der Waals surface area (Å²) in [6, 6.07) is -4.71. The fraction of sp³-hybridized carbons (Fsp3) is 0.714. The molecule has 36 heavy (non-hydrogen) atoms. The van der Waals surface area contributed by atoms with E-state index in [1.54, 1.807) is 13.8 Å². The molecular formula is C21H39N7O7S. The molecule has 0 spiro atoms. The fourth-order valence-electron chi connectivity index (χ4n) is 3.06. The average molecular weight is 534 g/mol. The van der Waals surface area contributed by atoms with Gasteiger partial charge in [0.15, 0.2) is 5.96 Å². The molecule has 0 aliphatic heterocycles. The maximum atomic E-state index is 13.0. The van der Waals surface area contributed by atoms with Gasteiger partial charge in [0.25, 0.3) is 0 Å². The third-order valence-electron chi connectivity index (χ3n) is 4.88. The van der Waals surface area contributed by atoms with Crippen LogP contribution < -0.4 is 33.2 Å². The Morgan fingerprint density at radius 2 is 1.44 bits per heavy atom. The van der Waals surface area contributed by atoms with Crippen molar-refractivity contribution in [2.75, 3.05) is 18.6 Å². The number of nitrogens with one attached hydrogen (secondary N) is 3. The Morgan fingerprint density at radius 1 is 0.889 bits per heavy atom. The number of guanidine groups is 1. The first-order valence-electron chi connectivity index (χ1n) is 11.4. The minimum atomic E-state index is -1.66. The average Bonchev–Trinajstić information content (AvgIpc) is 2.77. The molecule has 11 N–H and O–H groups in total. The second-order valence-electron chi connectivity index (χ2n) is 8.59. The Kier molecular flexibility index (Phi) is 15.9. The molecule has 0 aliphatic carbocycles. The lowest BCUT2D eigenvalue weighted by Crippen LogP contribution is -2.57. The van der Waals surface area contributed by atoms with Crippen molar-refractivity contribution in [3.8, 4) is 0 Å². The summed E-state index contributed by atoms with van der Waals surface area (Å²) in [7, 11) is 0. The predicted octanol–water partition coefficient (Wildman–Crippen LogP) is -1.82. The molecule has 0 rings (SSSR count). The molecule has 0 saturated carbocycles. The molecule has 14 nitrogen and oxygen atoms in total. The number of carbonyl (C=O) groups is 5. The van der Waals surface area contributed by atoms with E-state index < -0.39 is 60.2 Å². The molecule has 0 heterocycles. The zero-order valence-electron chi connectivity index (χ0n) is 20.9. The highest BCUT2D eigenvalue weighted by atomic mass is 32.2. The number of hydrogen-bond acceptors (Lipinski definition) is 8. The maximum Gasteiger partial charge on any atom is 0.326 e. The molecule has 0 aromatic carbocycles. The van der Waals surface area contributed by atoms with Gasteiger partial charge in [-0.3, -0.25) is 24.2 Å². The number of carboxylic acid groups (broad SMARTS) is 2. The normalized spacial score (nSPS) is 14.1. The van der Waals surface area contributed by atoms with E-state index in [-0.39, 0.29) is 31.1 Å². The van der Waals surface area contributed by atoms with Gasteiger partial charge < -0.3 is 43.4 Å². The van der Waals surface area contributed by atoms with Crippen molar-refractivity contribution < 1.29 is 34.2 Å².